The Hall–Kier alpha value is -3.14. The van der Waals surface area contributed by atoms with E-state index in [1.54, 1.807) is 6.07 Å². The molecule has 0 bridgehead atoms. The maximum atomic E-state index is 11.7. The second-order valence-electron chi connectivity index (χ2n) is 5.91. The molecule has 0 saturated carbocycles. The zero-order valence-electron chi connectivity index (χ0n) is 13.3. The third kappa shape index (κ3) is 2.15. The molecule has 2 aromatic heterocycles. The third-order valence-corrected chi connectivity index (χ3v) is 4.41. The van der Waals surface area contributed by atoms with Crippen LogP contribution in [0.2, 0.25) is 0 Å². The van der Waals surface area contributed by atoms with Crippen LogP contribution in [0, 0.1) is 13.8 Å². The summed E-state index contributed by atoms with van der Waals surface area (Å²) >= 11 is 0. The largest absolute Gasteiger partial charge is 0.478 e. The van der Waals surface area contributed by atoms with Crippen LogP contribution in [0.25, 0.3) is 33.3 Å². The first-order valence-electron chi connectivity index (χ1n) is 7.68. The maximum absolute atomic E-state index is 11.7. The number of carboxylic acid groups (broad SMARTS) is 1. The van der Waals surface area contributed by atoms with E-state index in [4.69, 9.17) is 4.42 Å². The van der Waals surface area contributed by atoms with Crippen LogP contribution < -0.4 is 0 Å². The highest BCUT2D eigenvalue weighted by Gasteiger charge is 2.17. The Bertz CT molecular complexity index is 1080. The van der Waals surface area contributed by atoms with Crippen molar-refractivity contribution in [2.75, 3.05) is 0 Å². The number of aryl methyl sites for hydroxylation is 2. The summed E-state index contributed by atoms with van der Waals surface area (Å²) in [5.74, 6) is -0.399. The van der Waals surface area contributed by atoms with Crippen LogP contribution in [0.5, 0.6) is 0 Å². The highest BCUT2D eigenvalue weighted by atomic mass is 16.4. The maximum Gasteiger partial charge on any atom is 0.336 e. The van der Waals surface area contributed by atoms with Gasteiger partial charge in [-0.05, 0) is 43.2 Å². The van der Waals surface area contributed by atoms with E-state index in [0.29, 0.717) is 22.4 Å². The van der Waals surface area contributed by atoms with Crippen molar-refractivity contribution in [2.24, 2.45) is 0 Å². The predicted molar refractivity (Wildman–Crippen MR) is 93.4 cm³/mol. The lowest BCUT2D eigenvalue weighted by Gasteiger charge is -2.09. The molecule has 0 saturated heterocycles. The first-order chi connectivity index (χ1) is 11.5. The van der Waals surface area contributed by atoms with Crippen molar-refractivity contribution in [3.63, 3.8) is 0 Å². The lowest BCUT2D eigenvalue weighted by Crippen LogP contribution is -2.01. The van der Waals surface area contributed by atoms with E-state index >= 15 is 0 Å². The number of hydrogen-bond acceptors (Lipinski definition) is 3. The van der Waals surface area contributed by atoms with Crippen molar-refractivity contribution in [3.05, 3.63) is 65.2 Å². The number of carboxylic acids is 1. The molecule has 0 unspecified atom stereocenters. The molecule has 1 N–H and O–H groups in total. The van der Waals surface area contributed by atoms with E-state index in [1.165, 1.54) is 0 Å². The Balaban J connectivity index is 2.05. The Labute approximate surface area is 138 Å². The van der Waals surface area contributed by atoms with Crippen LogP contribution in [0.1, 0.15) is 21.5 Å². The van der Waals surface area contributed by atoms with Crippen LogP contribution in [-0.4, -0.2) is 16.1 Å². The molecule has 24 heavy (non-hydrogen) atoms. The average molecular weight is 317 g/mol. The van der Waals surface area contributed by atoms with Gasteiger partial charge in [-0.25, -0.2) is 9.78 Å². The number of benzene rings is 2. The molecule has 0 fully saturated rings. The first kappa shape index (κ1) is 14.5. The molecule has 4 aromatic rings. The van der Waals surface area contributed by atoms with Crippen molar-refractivity contribution in [1.82, 2.24) is 4.98 Å². The summed E-state index contributed by atoms with van der Waals surface area (Å²) in [5, 5.41) is 11.2. The number of furan rings is 1. The Morgan fingerprint density at radius 1 is 1.08 bits per heavy atom. The lowest BCUT2D eigenvalue weighted by atomic mass is 10.0. The molecule has 4 heteroatoms. The molecule has 0 aliphatic heterocycles. The average Bonchev–Trinajstić information content (AvgIpc) is 3.01. The summed E-state index contributed by atoms with van der Waals surface area (Å²) < 4.78 is 5.85. The van der Waals surface area contributed by atoms with Gasteiger partial charge in [-0.15, -0.1) is 0 Å². The molecule has 118 valence electrons. The first-order valence-corrected chi connectivity index (χ1v) is 7.68. The molecule has 0 radical (unpaired) electrons. The molecular formula is C20H15NO3. The summed E-state index contributed by atoms with van der Waals surface area (Å²) in [6, 6.07) is 14.9. The van der Waals surface area contributed by atoms with Crippen LogP contribution in [0.3, 0.4) is 0 Å². The Morgan fingerprint density at radius 2 is 1.88 bits per heavy atom. The normalized spacial score (nSPS) is 11.2. The Kier molecular flexibility index (Phi) is 3.13. The minimum Gasteiger partial charge on any atom is -0.478 e. The van der Waals surface area contributed by atoms with Gasteiger partial charge < -0.3 is 9.52 Å². The molecule has 0 spiro atoms. The van der Waals surface area contributed by atoms with Crippen molar-refractivity contribution >= 4 is 27.8 Å². The number of aromatic nitrogens is 1. The van der Waals surface area contributed by atoms with Gasteiger partial charge in [0.15, 0.2) is 5.76 Å². The number of para-hydroxylation sites is 1. The van der Waals surface area contributed by atoms with E-state index < -0.39 is 5.97 Å². The summed E-state index contributed by atoms with van der Waals surface area (Å²) in [6.07, 6.45) is 0. The van der Waals surface area contributed by atoms with Gasteiger partial charge in [0.05, 0.1) is 11.1 Å². The molecule has 2 aromatic carbocycles. The summed E-state index contributed by atoms with van der Waals surface area (Å²) in [4.78, 5) is 16.4. The molecule has 0 amide bonds. The molecule has 0 aliphatic carbocycles. The highest BCUT2D eigenvalue weighted by Crippen LogP contribution is 2.31. The smallest absolute Gasteiger partial charge is 0.336 e. The third-order valence-electron chi connectivity index (χ3n) is 4.41. The quantitative estimate of drug-likeness (QED) is 0.567. The minimum atomic E-state index is -0.969. The van der Waals surface area contributed by atoms with Gasteiger partial charge in [0.2, 0.25) is 0 Å². The zero-order valence-corrected chi connectivity index (χ0v) is 13.3. The molecule has 0 aliphatic rings. The number of fused-ring (bicyclic) bond motifs is 2. The van der Waals surface area contributed by atoms with E-state index in [9.17, 15) is 9.90 Å². The predicted octanol–water partition coefficient (Wildman–Crippen LogP) is 4.96. The fraction of sp³-hybridized carbons (Fsp3) is 0.100. The van der Waals surface area contributed by atoms with Crippen LogP contribution in [0.4, 0.5) is 0 Å². The van der Waals surface area contributed by atoms with Gasteiger partial charge in [0.1, 0.15) is 11.3 Å². The topological polar surface area (TPSA) is 63.3 Å². The van der Waals surface area contributed by atoms with E-state index in [1.807, 2.05) is 56.3 Å². The fourth-order valence-corrected chi connectivity index (χ4v) is 2.94. The number of aromatic carboxylic acids is 1. The number of pyridine rings is 1. The second kappa shape index (κ2) is 5.20. The molecule has 0 atom stereocenters. The van der Waals surface area contributed by atoms with Crippen LogP contribution in [0.15, 0.2) is 52.9 Å². The van der Waals surface area contributed by atoms with Crippen molar-refractivity contribution in [1.29, 1.82) is 0 Å². The SMILES string of the molecule is Cc1ccc2c(C(=O)O)cc(-c3cc4ccccc4o3)nc2c1C. The van der Waals surface area contributed by atoms with E-state index in [-0.39, 0.29) is 5.56 Å². The lowest BCUT2D eigenvalue weighted by molar-refractivity contribution is 0.0699. The number of nitrogens with zero attached hydrogens (tertiary/aromatic N) is 1. The Morgan fingerprint density at radius 3 is 2.62 bits per heavy atom. The molecular weight excluding hydrogens is 302 g/mol. The van der Waals surface area contributed by atoms with E-state index in [2.05, 4.69) is 4.98 Å². The standard InChI is InChI=1S/C20H15NO3/c1-11-7-8-14-15(20(22)23)10-16(21-19(14)12(11)2)18-9-13-5-3-4-6-17(13)24-18/h3-10H,1-2H3,(H,22,23). The van der Waals surface area contributed by atoms with Crippen LogP contribution >= 0.6 is 0 Å². The number of rotatable bonds is 2. The van der Waals surface area contributed by atoms with Gasteiger partial charge in [0, 0.05) is 10.8 Å². The molecule has 4 rings (SSSR count). The number of hydrogen-bond donors (Lipinski definition) is 1. The van der Waals surface area contributed by atoms with Gasteiger partial charge in [-0.1, -0.05) is 30.3 Å². The van der Waals surface area contributed by atoms with Gasteiger partial charge in [-0.2, -0.15) is 0 Å². The summed E-state index contributed by atoms with van der Waals surface area (Å²) in [5.41, 5.74) is 4.28. The van der Waals surface area contributed by atoms with E-state index in [0.717, 1.165) is 22.1 Å². The van der Waals surface area contributed by atoms with Gasteiger partial charge in [-0.3, -0.25) is 0 Å². The van der Waals surface area contributed by atoms with Crippen LogP contribution in [-0.2, 0) is 0 Å². The second-order valence-corrected chi connectivity index (χ2v) is 5.91. The fourth-order valence-electron chi connectivity index (χ4n) is 2.94. The molecule has 4 nitrogen and oxygen atoms in total. The molecule has 2 heterocycles. The van der Waals surface area contributed by atoms with Gasteiger partial charge >= 0.3 is 5.97 Å². The van der Waals surface area contributed by atoms with Crippen molar-refractivity contribution in [3.8, 4) is 11.5 Å². The highest BCUT2D eigenvalue weighted by molar-refractivity contribution is 6.04. The zero-order chi connectivity index (χ0) is 16.8. The summed E-state index contributed by atoms with van der Waals surface area (Å²) in [7, 11) is 0. The van der Waals surface area contributed by atoms with Gasteiger partial charge in [0.25, 0.3) is 0 Å². The summed E-state index contributed by atoms with van der Waals surface area (Å²) in [6.45, 7) is 3.95. The van der Waals surface area contributed by atoms with Crippen molar-refractivity contribution in [2.45, 2.75) is 13.8 Å². The van der Waals surface area contributed by atoms with Crippen molar-refractivity contribution < 1.29 is 14.3 Å². The monoisotopic (exact) mass is 317 g/mol. The minimum absolute atomic E-state index is 0.235. The number of carbonyl (C=O) groups is 1.